The van der Waals surface area contributed by atoms with Gasteiger partial charge in [-0.1, -0.05) is 18.2 Å². The van der Waals surface area contributed by atoms with E-state index in [0.717, 1.165) is 11.4 Å². The molecular formula is C11H12N2O. The number of carbonyl (C=O) groups is 1. The van der Waals surface area contributed by atoms with Crippen molar-refractivity contribution in [1.29, 1.82) is 0 Å². The molecular weight excluding hydrogens is 176 g/mol. The summed E-state index contributed by atoms with van der Waals surface area (Å²) < 4.78 is 0. The minimum atomic E-state index is 0.0867. The van der Waals surface area contributed by atoms with Crippen LogP contribution in [-0.4, -0.2) is 19.0 Å². The number of carbonyl (C=O) groups excluding carboxylic acids is 1. The molecule has 1 N–H and O–H groups in total. The van der Waals surface area contributed by atoms with Gasteiger partial charge in [0.2, 0.25) is 5.91 Å². The third-order valence-corrected chi connectivity index (χ3v) is 2.24. The lowest BCUT2D eigenvalue weighted by atomic mass is 10.2. The van der Waals surface area contributed by atoms with Gasteiger partial charge in [-0.3, -0.25) is 4.79 Å². The Morgan fingerprint density at radius 1 is 1.50 bits per heavy atom. The number of anilines is 2. The zero-order valence-electron chi connectivity index (χ0n) is 7.86. The number of hydrogen-bond donors (Lipinski definition) is 1. The fraction of sp³-hybridized carbons (Fsp3) is 0.182. The van der Waals surface area contributed by atoms with Crippen LogP contribution in [0.3, 0.4) is 0 Å². The van der Waals surface area contributed by atoms with Crippen LogP contribution in [0.4, 0.5) is 11.4 Å². The molecule has 3 heteroatoms. The summed E-state index contributed by atoms with van der Waals surface area (Å²) in [6.45, 7) is 4.58. The molecule has 1 aromatic rings. The van der Waals surface area contributed by atoms with Gasteiger partial charge in [0.15, 0.2) is 0 Å². The van der Waals surface area contributed by atoms with E-state index in [1.165, 1.54) is 0 Å². The second-order valence-corrected chi connectivity index (χ2v) is 3.16. The Morgan fingerprint density at radius 2 is 2.29 bits per heavy atom. The van der Waals surface area contributed by atoms with Gasteiger partial charge in [0.05, 0.1) is 17.9 Å². The van der Waals surface area contributed by atoms with Crippen molar-refractivity contribution in [1.82, 2.24) is 0 Å². The van der Waals surface area contributed by atoms with Crippen molar-refractivity contribution in [3.8, 4) is 0 Å². The number of hydrogen-bond acceptors (Lipinski definition) is 2. The van der Waals surface area contributed by atoms with E-state index >= 15 is 0 Å². The van der Waals surface area contributed by atoms with Crippen LogP contribution in [-0.2, 0) is 4.79 Å². The zero-order valence-corrected chi connectivity index (χ0v) is 7.86. The maximum absolute atomic E-state index is 11.6. The number of fused-ring (bicyclic) bond motifs is 1. The van der Waals surface area contributed by atoms with E-state index in [-0.39, 0.29) is 5.91 Å². The first-order valence-corrected chi connectivity index (χ1v) is 4.57. The number of rotatable bonds is 2. The number of nitrogens with one attached hydrogen (secondary N) is 1. The van der Waals surface area contributed by atoms with Crippen molar-refractivity contribution in [3.63, 3.8) is 0 Å². The second-order valence-electron chi connectivity index (χ2n) is 3.16. The largest absolute Gasteiger partial charge is 0.374 e. The molecule has 1 aliphatic rings. The molecule has 1 aliphatic heterocycles. The molecule has 14 heavy (non-hydrogen) atoms. The smallest absolute Gasteiger partial charge is 0.246 e. The van der Waals surface area contributed by atoms with Crippen LogP contribution in [0.5, 0.6) is 0 Å². The molecule has 1 heterocycles. The van der Waals surface area contributed by atoms with Gasteiger partial charge >= 0.3 is 0 Å². The Kier molecular flexibility index (Phi) is 2.23. The summed E-state index contributed by atoms with van der Waals surface area (Å²) in [5.74, 6) is 0.0867. The summed E-state index contributed by atoms with van der Waals surface area (Å²) >= 11 is 0. The van der Waals surface area contributed by atoms with Gasteiger partial charge in [0.1, 0.15) is 0 Å². The SMILES string of the molecule is C=CCN1C(=O)CNc2ccccc21. The maximum Gasteiger partial charge on any atom is 0.246 e. The van der Waals surface area contributed by atoms with Crippen molar-refractivity contribution in [3.05, 3.63) is 36.9 Å². The van der Waals surface area contributed by atoms with Crippen LogP contribution in [0.2, 0.25) is 0 Å². The van der Waals surface area contributed by atoms with Gasteiger partial charge in [0.25, 0.3) is 0 Å². The summed E-state index contributed by atoms with van der Waals surface area (Å²) in [7, 11) is 0. The van der Waals surface area contributed by atoms with E-state index in [1.807, 2.05) is 24.3 Å². The minimum Gasteiger partial charge on any atom is -0.374 e. The van der Waals surface area contributed by atoms with Crippen molar-refractivity contribution in [2.45, 2.75) is 0 Å². The molecule has 0 saturated heterocycles. The first-order chi connectivity index (χ1) is 6.83. The molecule has 0 aliphatic carbocycles. The van der Waals surface area contributed by atoms with E-state index in [0.29, 0.717) is 13.1 Å². The second kappa shape index (κ2) is 3.54. The van der Waals surface area contributed by atoms with Gasteiger partial charge in [-0.05, 0) is 12.1 Å². The average Bonchev–Trinajstić information content (AvgIpc) is 2.23. The van der Waals surface area contributed by atoms with Crippen LogP contribution >= 0.6 is 0 Å². The molecule has 0 aromatic heterocycles. The molecule has 0 radical (unpaired) electrons. The molecule has 3 nitrogen and oxygen atoms in total. The Balaban J connectivity index is 2.40. The molecule has 0 unspecified atom stereocenters. The molecule has 0 fully saturated rings. The van der Waals surface area contributed by atoms with Gasteiger partial charge in [-0.25, -0.2) is 0 Å². The molecule has 0 atom stereocenters. The van der Waals surface area contributed by atoms with Crippen molar-refractivity contribution in [2.75, 3.05) is 23.3 Å². The van der Waals surface area contributed by atoms with Crippen molar-refractivity contribution < 1.29 is 4.79 Å². The number of amides is 1. The van der Waals surface area contributed by atoms with Crippen LogP contribution in [0.25, 0.3) is 0 Å². The lowest BCUT2D eigenvalue weighted by Gasteiger charge is -2.29. The Labute approximate surface area is 83.0 Å². The van der Waals surface area contributed by atoms with E-state index in [4.69, 9.17) is 0 Å². The molecule has 1 amide bonds. The third kappa shape index (κ3) is 1.37. The Morgan fingerprint density at radius 3 is 3.07 bits per heavy atom. The fourth-order valence-corrected chi connectivity index (χ4v) is 1.59. The molecule has 1 aromatic carbocycles. The van der Waals surface area contributed by atoms with Crippen molar-refractivity contribution in [2.24, 2.45) is 0 Å². The van der Waals surface area contributed by atoms with E-state index in [9.17, 15) is 4.79 Å². The van der Waals surface area contributed by atoms with Crippen LogP contribution in [0.15, 0.2) is 36.9 Å². The van der Waals surface area contributed by atoms with Crippen LogP contribution < -0.4 is 10.2 Å². The van der Waals surface area contributed by atoms with Gasteiger partial charge in [-0.2, -0.15) is 0 Å². The van der Waals surface area contributed by atoms with Gasteiger partial charge < -0.3 is 10.2 Å². The average molecular weight is 188 g/mol. The first kappa shape index (κ1) is 8.81. The number of nitrogens with zero attached hydrogens (tertiary/aromatic N) is 1. The third-order valence-electron chi connectivity index (χ3n) is 2.24. The summed E-state index contributed by atoms with van der Waals surface area (Å²) in [5, 5.41) is 3.08. The highest BCUT2D eigenvalue weighted by molar-refractivity contribution is 6.02. The maximum atomic E-state index is 11.6. The van der Waals surface area contributed by atoms with E-state index < -0.39 is 0 Å². The Bertz CT molecular complexity index is 373. The monoisotopic (exact) mass is 188 g/mol. The van der Waals surface area contributed by atoms with E-state index in [1.54, 1.807) is 11.0 Å². The molecule has 0 spiro atoms. The van der Waals surface area contributed by atoms with Crippen LogP contribution in [0.1, 0.15) is 0 Å². The highest BCUT2D eigenvalue weighted by Gasteiger charge is 2.21. The number of benzene rings is 1. The summed E-state index contributed by atoms with van der Waals surface area (Å²) in [4.78, 5) is 13.3. The normalized spacial score (nSPS) is 14.6. The summed E-state index contributed by atoms with van der Waals surface area (Å²) in [5.41, 5.74) is 1.94. The summed E-state index contributed by atoms with van der Waals surface area (Å²) in [6, 6.07) is 7.78. The predicted molar refractivity (Wildman–Crippen MR) is 57.5 cm³/mol. The first-order valence-electron chi connectivity index (χ1n) is 4.57. The minimum absolute atomic E-state index is 0.0867. The molecule has 2 rings (SSSR count). The fourth-order valence-electron chi connectivity index (χ4n) is 1.59. The predicted octanol–water partition coefficient (Wildman–Crippen LogP) is 1.63. The molecule has 72 valence electrons. The quantitative estimate of drug-likeness (QED) is 0.715. The lowest BCUT2D eigenvalue weighted by molar-refractivity contribution is -0.117. The highest BCUT2D eigenvalue weighted by Crippen LogP contribution is 2.28. The molecule has 0 bridgehead atoms. The standard InChI is InChI=1S/C11H12N2O/c1-2-7-13-10-6-4-3-5-9(10)12-8-11(13)14/h2-6,12H,1,7-8H2. The molecule has 0 saturated carbocycles. The highest BCUT2D eigenvalue weighted by atomic mass is 16.2. The van der Waals surface area contributed by atoms with Crippen molar-refractivity contribution >= 4 is 17.3 Å². The van der Waals surface area contributed by atoms with Gasteiger partial charge in [-0.15, -0.1) is 6.58 Å². The van der Waals surface area contributed by atoms with Gasteiger partial charge in [0, 0.05) is 6.54 Å². The summed E-state index contributed by atoms with van der Waals surface area (Å²) in [6.07, 6.45) is 1.74. The topological polar surface area (TPSA) is 32.3 Å². The van der Waals surface area contributed by atoms with Crippen LogP contribution in [0, 0.1) is 0 Å². The zero-order chi connectivity index (χ0) is 9.97. The lowest BCUT2D eigenvalue weighted by Crippen LogP contribution is -2.39. The number of para-hydroxylation sites is 2. The van der Waals surface area contributed by atoms with E-state index in [2.05, 4.69) is 11.9 Å². The Hall–Kier alpha value is -1.77.